The van der Waals surface area contributed by atoms with E-state index in [-0.39, 0.29) is 39.6 Å². The number of anilines is 2. The summed E-state index contributed by atoms with van der Waals surface area (Å²) in [5.41, 5.74) is -4.72. The number of halogens is 11. The molecule has 3 heterocycles. The minimum Gasteiger partial charge on any atom is -0.778 e. The number of esters is 1. The van der Waals surface area contributed by atoms with Crippen molar-refractivity contribution in [1.82, 2.24) is 48.8 Å². The standard InChI is InChI=1S/C16H14ClF3N2O4.C15H16F3N5O4S.C14H10F4N4O7S.C3H8NO5P.C3H9S/c1-8(2)26-14(24)10-6-9(4-5-11(10)17)22-13(23)7-12(16(18,19)20)21(3)15(22)25;1-9-19-12(22-14(20-9)27-2)21-13(24)23-28(25,26)11-6-4-3-5-10(11)7-8-15(16,17)18;15-11(16)28-8-5-9(29-12(17)18)20-13(19-8)21-14(25)22-30(26,27)7-4-2-1-3-6(7)10(23)24;5-3(6)1-4-2-10(7,8)9;1-4(2)3/h4-8H,1-3H3;3-6H,7-8H2,1-2H3,(H2,19,20,21,22,23,24);1-5,11-12H,(H,23,24)(H2,19,20,21,22,25);4H,1-2H2,(H,5,6)(H2,7,8,9);1-3H3/q;;;;+1/p-1. The summed E-state index contributed by atoms with van der Waals surface area (Å²) in [7, 11) is -10.7. The molecule has 0 aliphatic heterocycles. The number of carbonyl (C=O) groups is 5. The van der Waals surface area contributed by atoms with E-state index in [2.05, 4.69) is 58.5 Å². The lowest BCUT2D eigenvalue weighted by molar-refractivity contribution is -0.193. The normalized spacial score (nSPS) is 11.9. The summed E-state index contributed by atoms with van der Waals surface area (Å²) in [5.74, 6) is -6.47. The van der Waals surface area contributed by atoms with E-state index in [1.807, 2.05) is 5.32 Å². The summed E-state index contributed by atoms with van der Waals surface area (Å²) in [6.07, 6.45) is -5.62. The summed E-state index contributed by atoms with van der Waals surface area (Å²) in [6, 6.07) is 10.9. The Morgan fingerprint density at radius 1 is 0.745 bits per heavy atom. The molecule has 0 saturated carbocycles. The molecule has 0 aliphatic carbocycles. The average Bonchev–Trinajstić information content (AvgIpc) is 0.779. The molecule has 0 bridgehead atoms. The highest BCUT2D eigenvalue weighted by molar-refractivity contribution is 7.94. The molecular formula is C51H56ClF10N12O20PS3. The van der Waals surface area contributed by atoms with Crippen molar-refractivity contribution in [3.63, 3.8) is 0 Å². The Balaban J connectivity index is 0.000000455. The first-order valence-electron chi connectivity index (χ1n) is 26.1. The number of rotatable bonds is 21. The Bertz CT molecular complexity index is 4160. The molecule has 98 heavy (non-hydrogen) atoms. The second kappa shape index (κ2) is 37.5. The number of benzene rings is 3. The van der Waals surface area contributed by atoms with Crippen molar-refractivity contribution < 1.29 is 128 Å². The van der Waals surface area contributed by atoms with E-state index in [1.54, 1.807) is 23.9 Å². The van der Waals surface area contributed by atoms with Gasteiger partial charge in [0.25, 0.3) is 25.6 Å². The minimum absolute atomic E-state index is 0.0104. The number of sulfonamides is 2. The quantitative estimate of drug-likeness (QED) is 0.0190. The van der Waals surface area contributed by atoms with Gasteiger partial charge in [-0.15, -0.1) is 0 Å². The summed E-state index contributed by atoms with van der Waals surface area (Å²) in [5, 5.41) is 22.8. The second-order valence-corrected chi connectivity index (χ2v) is 26.7. The van der Waals surface area contributed by atoms with Gasteiger partial charge in [-0.25, -0.2) is 54.8 Å². The number of carboxylic acid groups (broad SMARTS) is 2. The average molecular weight is 1510 g/mol. The van der Waals surface area contributed by atoms with Crippen molar-refractivity contribution in [2.75, 3.05) is 49.3 Å². The lowest BCUT2D eigenvalue weighted by Gasteiger charge is -2.15. The van der Waals surface area contributed by atoms with Gasteiger partial charge in [-0.2, -0.15) is 68.8 Å². The molecule has 0 radical (unpaired) electrons. The third-order valence-corrected chi connectivity index (χ3v) is 14.0. The predicted octanol–water partition coefficient (Wildman–Crippen LogP) is 5.51. The zero-order valence-electron chi connectivity index (χ0n) is 51.3. The molecule has 47 heteroatoms. The number of aromatic carboxylic acids is 1. The first-order valence-corrected chi connectivity index (χ1v) is 33.7. The first kappa shape index (κ1) is 84.8. The van der Waals surface area contributed by atoms with Crippen molar-refractivity contribution in [2.24, 2.45) is 7.05 Å². The number of carboxylic acids is 2. The molecule has 3 aromatic carbocycles. The topological polar surface area (TPSA) is 460 Å². The zero-order valence-corrected chi connectivity index (χ0v) is 55.4. The second-order valence-electron chi connectivity index (χ2n) is 19.0. The maximum atomic E-state index is 12.9. The molecule has 1 unspecified atom stereocenters. The van der Waals surface area contributed by atoms with Crippen LogP contribution in [0.25, 0.3) is 5.69 Å². The molecule has 3 aromatic heterocycles. The summed E-state index contributed by atoms with van der Waals surface area (Å²) in [6.45, 7) is -2.56. The predicted molar refractivity (Wildman–Crippen MR) is 323 cm³/mol. The van der Waals surface area contributed by atoms with Crippen LogP contribution in [-0.2, 0) is 64.7 Å². The van der Waals surface area contributed by atoms with Crippen LogP contribution in [0.15, 0.2) is 98.2 Å². The van der Waals surface area contributed by atoms with Crippen LogP contribution in [0.3, 0.4) is 0 Å². The van der Waals surface area contributed by atoms with Crippen LogP contribution in [0.4, 0.5) is 65.4 Å². The first-order chi connectivity index (χ1) is 45.1. The number of hydrogen-bond acceptors (Lipinski definition) is 23. The van der Waals surface area contributed by atoms with Crippen molar-refractivity contribution in [3.8, 4) is 23.5 Å². The summed E-state index contributed by atoms with van der Waals surface area (Å²) >= 11 is 5.94. The monoisotopic (exact) mass is 1510 g/mol. The number of amides is 4. The lowest BCUT2D eigenvalue weighted by atomic mass is 10.1. The van der Waals surface area contributed by atoms with Gasteiger partial charge in [-0.1, -0.05) is 41.9 Å². The molecule has 1 atom stereocenters. The fourth-order valence-corrected chi connectivity index (χ4v) is 9.50. The minimum atomic E-state index is -4.86. The Morgan fingerprint density at radius 3 is 1.71 bits per heavy atom. The molecule has 0 fully saturated rings. The molecule has 0 spiro atoms. The number of aryl methyl sites for hydroxylation is 2. The Kier molecular flexibility index (Phi) is 32.4. The third-order valence-electron chi connectivity index (χ3n) is 10.2. The van der Waals surface area contributed by atoms with Gasteiger partial charge in [-0.3, -0.25) is 30.1 Å². The Hall–Kier alpha value is -9.27. The van der Waals surface area contributed by atoms with E-state index in [9.17, 15) is 104 Å². The van der Waals surface area contributed by atoms with E-state index in [0.717, 1.165) is 31.3 Å². The number of urea groups is 2. The van der Waals surface area contributed by atoms with E-state index in [4.69, 9.17) is 36.2 Å². The summed E-state index contributed by atoms with van der Waals surface area (Å²) in [4.78, 5) is 116. The van der Waals surface area contributed by atoms with Gasteiger partial charge in [0, 0.05) is 19.5 Å². The van der Waals surface area contributed by atoms with Crippen LogP contribution in [0.2, 0.25) is 5.02 Å². The molecular weight excluding hydrogens is 1450 g/mol. The van der Waals surface area contributed by atoms with Crippen LogP contribution in [0.5, 0.6) is 17.8 Å². The molecule has 0 aliphatic rings. The number of nitrogens with zero attached hydrogens (tertiary/aromatic N) is 7. The largest absolute Gasteiger partial charge is 0.778 e. The van der Waals surface area contributed by atoms with Crippen molar-refractivity contribution in [1.29, 1.82) is 0 Å². The van der Waals surface area contributed by atoms with Crippen molar-refractivity contribution in [2.45, 2.75) is 75.1 Å². The Labute approximate surface area is 554 Å². The molecule has 32 nitrogen and oxygen atoms in total. The number of aliphatic carboxylic acids is 1. The number of hydrogen-bond donors (Lipinski definition) is 8. The van der Waals surface area contributed by atoms with E-state index in [1.165, 1.54) is 61.2 Å². The van der Waals surface area contributed by atoms with E-state index < -0.39 is 165 Å². The number of alkyl halides is 10. The van der Waals surface area contributed by atoms with Crippen LogP contribution >= 0.6 is 19.2 Å². The SMILES string of the molecule is CC(C)OC(=O)c1cc(-n2c(=O)cc(C(F)(F)F)n(C)c2=O)ccc1Cl.COc1nc(C)nc(NC(=O)NS(=O)(=O)c2ccccc2CCC(F)(F)F)n1.C[S+](C)C.O=C(Nc1nc(OC(F)F)cc(OC(F)F)n1)NS(=O)(=O)c1ccccc1C(=O)O.O=C(O)CNCP(=O)([O-])O. The fourth-order valence-electron chi connectivity index (χ4n) is 6.63. The fraction of sp³-hybridized carbons (Fsp3) is 0.333. The molecule has 6 rings (SSSR count). The molecule has 8 N–H and O–H groups in total. The lowest BCUT2D eigenvalue weighted by Crippen LogP contribution is -2.40. The maximum absolute atomic E-state index is 12.9. The van der Waals surface area contributed by atoms with E-state index >= 15 is 0 Å². The highest BCUT2D eigenvalue weighted by Gasteiger charge is 2.36. The smallest absolute Gasteiger partial charge is 0.431 e. The summed E-state index contributed by atoms with van der Waals surface area (Å²) < 4.78 is 206. The number of carbonyl (C=O) groups excluding carboxylic acids is 3. The van der Waals surface area contributed by atoms with Gasteiger partial charge < -0.3 is 43.5 Å². The van der Waals surface area contributed by atoms with Crippen LogP contribution in [0.1, 0.15) is 58.1 Å². The highest BCUT2D eigenvalue weighted by atomic mass is 35.5. The van der Waals surface area contributed by atoms with Gasteiger partial charge in [0.15, 0.2) is 0 Å². The van der Waals surface area contributed by atoms with E-state index in [0.29, 0.717) is 32.2 Å². The van der Waals surface area contributed by atoms with Gasteiger partial charge in [0.1, 0.15) is 24.0 Å². The van der Waals surface area contributed by atoms with Crippen molar-refractivity contribution >= 4 is 92.0 Å². The van der Waals surface area contributed by atoms with Gasteiger partial charge in [0.2, 0.25) is 23.7 Å². The zero-order chi connectivity index (χ0) is 75.0. The molecule has 540 valence electrons. The van der Waals surface area contributed by atoms with Crippen LogP contribution in [0, 0.1) is 6.92 Å². The number of nitrogens with one attached hydrogen (secondary N) is 5. The van der Waals surface area contributed by atoms with Gasteiger partial charge >= 0.3 is 67.2 Å². The van der Waals surface area contributed by atoms with Gasteiger partial charge in [-0.05, 0) is 80.0 Å². The van der Waals surface area contributed by atoms with Gasteiger partial charge in [0.05, 0.1) is 77.6 Å². The van der Waals surface area contributed by atoms with Crippen molar-refractivity contribution in [3.05, 3.63) is 133 Å². The third kappa shape index (κ3) is 30.4. The molecule has 4 amide bonds. The van der Waals surface area contributed by atoms with Crippen LogP contribution in [-0.4, -0.2) is 160 Å². The maximum Gasteiger partial charge on any atom is 0.431 e. The highest BCUT2D eigenvalue weighted by Crippen LogP contribution is 2.29. The molecule has 0 saturated heterocycles. The number of aromatic nitrogens is 7. The Morgan fingerprint density at radius 2 is 1.24 bits per heavy atom. The number of methoxy groups -OCH3 is 1. The van der Waals surface area contributed by atoms with Crippen LogP contribution < -0.4 is 55.7 Å². The number of ether oxygens (including phenoxy) is 4. The molecule has 6 aromatic rings.